The van der Waals surface area contributed by atoms with Crippen molar-refractivity contribution in [3.05, 3.63) is 39.6 Å². The molecule has 1 aromatic carbocycles. The molecule has 0 spiro atoms. The van der Waals surface area contributed by atoms with E-state index in [4.69, 9.17) is 5.73 Å². The van der Waals surface area contributed by atoms with Crippen LogP contribution in [0.1, 0.15) is 12.6 Å². The predicted octanol–water partition coefficient (Wildman–Crippen LogP) is 3.85. The van der Waals surface area contributed by atoms with Crippen LogP contribution in [-0.2, 0) is 6.42 Å². The largest absolute Gasteiger partial charge is 0.330 e. The fraction of sp³-hybridized carbons (Fsp3) is 0.308. The first-order chi connectivity index (χ1) is 8.60. The van der Waals surface area contributed by atoms with Crippen molar-refractivity contribution >= 4 is 27.3 Å². The zero-order chi connectivity index (χ0) is 13.1. The Morgan fingerprint density at radius 3 is 3.00 bits per heavy atom. The number of hydrogen-bond donors (Lipinski definition) is 1. The first-order valence-corrected chi connectivity index (χ1v) is 7.37. The van der Waals surface area contributed by atoms with Gasteiger partial charge >= 0.3 is 0 Å². The third-order valence-electron chi connectivity index (χ3n) is 2.67. The van der Waals surface area contributed by atoms with Crippen molar-refractivity contribution in [2.45, 2.75) is 13.3 Å². The summed E-state index contributed by atoms with van der Waals surface area (Å²) in [4.78, 5) is 4.47. The van der Waals surface area contributed by atoms with Crippen molar-refractivity contribution in [3.8, 4) is 10.6 Å². The third kappa shape index (κ3) is 3.16. The Balaban J connectivity index is 2.26. The summed E-state index contributed by atoms with van der Waals surface area (Å²) >= 11 is 4.81. The predicted molar refractivity (Wildman–Crippen MR) is 77.1 cm³/mol. The minimum Gasteiger partial charge on any atom is -0.330 e. The Labute approximate surface area is 118 Å². The fourth-order valence-electron chi connectivity index (χ4n) is 1.63. The van der Waals surface area contributed by atoms with Crippen molar-refractivity contribution in [1.82, 2.24) is 4.98 Å². The van der Waals surface area contributed by atoms with Gasteiger partial charge in [-0.25, -0.2) is 9.37 Å². The van der Waals surface area contributed by atoms with Crippen LogP contribution in [0.2, 0.25) is 0 Å². The minimum absolute atomic E-state index is 0.244. The Bertz CT molecular complexity index is 542. The average Bonchev–Trinajstić information content (AvgIpc) is 2.80. The van der Waals surface area contributed by atoms with Crippen LogP contribution in [0.4, 0.5) is 4.39 Å². The van der Waals surface area contributed by atoms with E-state index in [0.717, 1.165) is 16.6 Å². The second-order valence-corrected chi connectivity index (χ2v) is 6.09. The van der Waals surface area contributed by atoms with Gasteiger partial charge in [0.15, 0.2) is 0 Å². The molecule has 2 N–H and O–H groups in total. The summed E-state index contributed by atoms with van der Waals surface area (Å²) in [7, 11) is 0. The highest BCUT2D eigenvalue weighted by Crippen LogP contribution is 2.29. The molecule has 96 valence electrons. The van der Waals surface area contributed by atoms with Gasteiger partial charge < -0.3 is 5.73 Å². The lowest BCUT2D eigenvalue weighted by atomic mass is 10.1. The zero-order valence-electron chi connectivity index (χ0n) is 9.99. The maximum Gasteiger partial charge on any atom is 0.133 e. The normalized spacial score (nSPS) is 12.7. The number of rotatable bonds is 4. The molecule has 0 saturated carbocycles. The molecule has 0 aliphatic carbocycles. The molecule has 1 unspecified atom stereocenters. The number of aromatic nitrogens is 1. The van der Waals surface area contributed by atoms with E-state index in [-0.39, 0.29) is 5.82 Å². The van der Waals surface area contributed by atoms with E-state index in [0.29, 0.717) is 23.0 Å². The number of thiazole rings is 1. The van der Waals surface area contributed by atoms with Crippen molar-refractivity contribution in [2.75, 3.05) is 6.54 Å². The van der Waals surface area contributed by atoms with E-state index < -0.39 is 0 Å². The number of nitrogens with two attached hydrogens (primary N) is 1. The van der Waals surface area contributed by atoms with Crippen LogP contribution >= 0.6 is 27.3 Å². The first kappa shape index (κ1) is 13.6. The summed E-state index contributed by atoms with van der Waals surface area (Å²) in [6.07, 6.45) is 0.836. The molecule has 1 aromatic heterocycles. The van der Waals surface area contributed by atoms with Gasteiger partial charge in [0.25, 0.3) is 0 Å². The standard InChI is InChI=1S/C13H14BrFN2S/c1-8(6-16)4-10-7-18-13(17-10)11-5-9(14)2-3-12(11)15/h2-3,5,7-8H,4,6,16H2,1H3. The van der Waals surface area contributed by atoms with Crippen molar-refractivity contribution in [1.29, 1.82) is 0 Å². The van der Waals surface area contributed by atoms with Gasteiger partial charge in [-0.15, -0.1) is 11.3 Å². The molecule has 0 radical (unpaired) electrons. The molecular weight excluding hydrogens is 315 g/mol. The van der Waals surface area contributed by atoms with E-state index in [1.165, 1.54) is 17.4 Å². The third-order valence-corrected chi connectivity index (χ3v) is 4.09. The summed E-state index contributed by atoms with van der Waals surface area (Å²) in [5, 5.41) is 2.69. The van der Waals surface area contributed by atoms with Crippen LogP contribution < -0.4 is 5.73 Å². The molecule has 1 atom stereocenters. The van der Waals surface area contributed by atoms with Gasteiger partial charge in [-0.05, 0) is 37.1 Å². The molecule has 1 heterocycles. The smallest absolute Gasteiger partial charge is 0.133 e. The van der Waals surface area contributed by atoms with Gasteiger partial charge in [0.05, 0.1) is 5.69 Å². The lowest BCUT2D eigenvalue weighted by Gasteiger charge is -2.04. The van der Waals surface area contributed by atoms with Crippen LogP contribution in [0.3, 0.4) is 0 Å². The minimum atomic E-state index is -0.244. The molecule has 2 aromatic rings. The summed E-state index contributed by atoms with van der Waals surface area (Å²) in [5.41, 5.74) is 7.11. The summed E-state index contributed by atoms with van der Waals surface area (Å²) in [6.45, 7) is 2.72. The highest BCUT2D eigenvalue weighted by atomic mass is 79.9. The van der Waals surface area contributed by atoms with Crippen molar-refractivity contribution in [2.24, 2.45) is 11.7 Å². The number of hydrogen-bond acceptors (Lipinski definition) is 3. The van der Waals surface area contributed by atoms with Gasteiger partial charge in [0, 0.05) is 15.4 Å². The van der Waals surface area contributed by atoms with Gasteiger partial charge in [0.2, 0.25) is 0 Å². The molecule has 0 saturated heterocycles. The first-order valence-electron chi connectivity index (χ1n) is 5.70. The highest BCUT2D eigenvalue weighted by molar-refractivity contribution is 9.10. The maximum atomic E-state index is 13.7. The number of benzene rings is 1. The zero-order valence-corrected chi connectivity index (χ0v) is 12.4. The molecule has 2 nitrogen and oxygen atoms in total. The summed E-state index contributed by atoms with van der Waals surface area (Å²) in [6, 6.07) is 4.89. The lowest BCUT2D eigenvalue weighted by molar-refractivity contribution is 0.586. The second kappa shape index (κ2) is 5.91. The molecule has 2 rings (SSSR count). The van der Waals surface area contributed by atoms with Gasteiger partial charge in [-0.3, -0.25) is 0 Å². The van der Waals surface area contributed by atoms with Gasteiger partial charge in [-0.1, -0.05) is 22.9 Å². The molecule has 0 aliphatic rings. The molecule has 0 amide bonds. The topological polar surface area (TPSA) is 38.9 Å². The molecule has 18 heavy (non-hydrogen) atoms. The van der Waals surface area contributed by atoms with Gasteiger partial charge in [-0.2, -0.15) is 0 Å². The van der Waals surface area contributed by atoms with E-state index in [2.05, 4.69) is 27.8 Å². The molecule has 0 aliphatic heterocycles. The molecule has 0 fully saturated rings. The number of halogens is 2. The highest BCUT2D eigenvalue weighted by Gasteiger charge is 2.11. The summed E-state index contributed by atoms with van der Waals surface area (Å²) in [5.74, 6) is 0.151. The molecule has 5 heteroatoms. The molecular formula is C13H14BrFN2S. The van der Waals surface area contributed by atoms with Crippen molar-refractivity contribution in [3.63, 3.8) is 0 Å². The van der Waals surface area contributed by atoms with E-state index in [1.54, 1.807) is 12.1 Å². The second-order valence-electron chi connectivity index (χ2n) is 4.31. The van der Waals surface area contributed by atoms with Crippen molar-refractivity contribution < 1.29 is 4.39 Å². The SMILES string of the molecule is CC(CN)Cc1csc(-c2cc(Br)ccc2F)n1. The van der Waals surface area contributed by atoms with Crippen LogP contribution in [-0.4, -0.2) is 11.5 Å². The Morgan fingerprint density at radius 1 is 1.50 bits per heavy atom. The van der Waals surface area contributed by atoms with Crippen LogP contribution in [0, 0.1) is 11.7 Å². The monoisotopic (exact) mass is 328 g/mol. The van der Waals surface area contributed by atoms with E-state index in [9.17, 15) is 4.39 Å². The van der Waals surface area contributed by atoms with Crippen LogP contribution in [0.15, 0.2) is 28.1 Å². The van der Waals surface area contributed by atoms with E-state index in [1.807, 2.05) is 5.38 Å². The number of nitrogens with zero attached hydrogens (tertiary/aromatic N) is 1. The van der Waals surface area contributed by atoms with Crippen LogP contribution in [0.25, 0.3) is 10.6 Å². The van der Waals surface area contributed by atoms with E-state index >= 15 is 0 Å². The Morgan fingerprint density at radius 2 is 2.28 bits per heavy atom. The molecule has 0 bridgehead atoms. The fourth-order valence-corrected chi connectivity index (χ4v) is 2.84. The maximum absolute atomic E-state index is 13.7. The van der Waals surface area contributed by atoms with Gasteiger partial charge in [0.1, 0.15) is 10.8 Å². The average molecular weight is 329 g/mol. The quantitative estimate of drug-likeness (QED) is 0.925. The lowest BCUT2D eigenvalue weighted by Crippen LogP contribution is -2.13. The Kier molecular flexibility index (Phi) is 4.48. The summed E-state index contributed by atoms with van der Waals surface area (Å²) < 4.78 is 14.6. The van der Waals surface area contributed by atoms with Crippen LogP contribution in [0.5, 0.6) is 0 Å². The Hall–Kier alpha value is -0.780.